The average molecular weight is 278 g/mol. The van der Waals surface area contributed by atoms with Crippen LogP contribution in [-0.4, -0.2) is 24.0 Å². The molecule has 0 bridgehead atoms. The Morgan fingerprint density at radius 1 is 1.47 bits per heavy atom. The van der Waals surface area contributed by atoms with Gasteiger partial charge in [0.1, 0.15) is 0 Å². The van der Waals surface area contributed by atoms with Crippen molar-refractivity contribution >= 4 is 11.6 Å². The van der Waals surface area contributed by atoms with Crippen molar-refractivity contribution in [1.29, 1.82) is 5.26 Å². The van der Waals surface area contributed by atoms with Crippen molar-refractivity contribution in [3.05, 3.63) is 34.3 Å². The Hall–Kier alpha value is -1.08. The van der Waals surface area contributed by atoms with Crippen LogP contribution in [0.2, 0.25) is 5.02 Å². The van der Waals surface area contributed by atoms with E-state index in [1.165, 1.54) is 12.8 Å². The fourth-order valence-electron chi connectivity index (χ4n) is 2.64. The molecule has 0 aliphatic carbocycles. The number of nitrogens with two attached hydrogens (primary N) is 1. The third-order valence-corrected chi connectivity index (χ3v) is 4.35. The van der Waals surface area contributed by atoms with Gasteiger partial charge in [0.05, 0.1) is 11.6 Å². The number of halogens is 1. The van der Waals surface area contributed by atoms with Crippen LogP contribution in [0.1, 0.15) is 30.9 Å². The number of nitrogens with zero attached hydrogens (tertiary/aromatic N) is 2. The SMILES string of the molecule is CC1CCC(CN)CN1Cc1ccc(C#N)cc1Cl. The third kappa shape index (κ3) is 3.48. The first kappa shape index (κ1) is 14.3. The summed E-state index contributed by atoms with van der Waals surface area (Å²) in [6, 6.07) is 8.20. The highest BCUT2D eigenvalue weighted by atomic mass is 35.5. The summed E-state index contributed by atoms with van der Waals surface area (Å²) in [7, 11) is 0. The molecule has 19 heavy (non-hydrogen) atoms. The molecule has 2 N–H and O–H groups in total. The summed E-state index contributed by atoms with van der Waals surface area (Å²) in [5, 5.41) is 9.53. The van der Waals surface area contributed by atoms with E-state index in [2.05, 4.69) is 17.9 Å². The molecule has 1 fully saturated rings. The third-order valence-electron chi connectivity index (χ3n) is 4.00. The molecule has 3 nitrogen and oxygen atoms in total. The zero-order chi connectivity index (χ0) is 13.8. The molecule has 4 heteroatoms. The Kier molecular flexibility index (Phi) is 4.81. The number of rotatable bonds is 3. The van der Waals surface area contributed by atoms with Crippen LogP contribution in [0.15, 0.2) is 18.2 Å². The van der Waals surface area contributed by atoms with E-state index < -0.39 is 0 Å². The lowest BCUT2D eigenvalue weighted by Gasteiger charge is -2.37. The Bertz CT molecular complexity index is 481. The Balaban J connectivity index is 2.09. The van der Waals surface area contributed by atoms with E-state index in [-0.39, 0.29) is 0 Å². The van der Waals surface area contributed by atoms with Crippen molar-refractivity contribution < 1.29 is 0 Å². The molecule has 1 saturated heterocycles. The molecule has 0 aromatic heterocycles. The maximum atomic E-state index is 8.85. The second-order valence-corrected chi connectivity index (χ2v) is 5.78. The van der Waals surface area contributed by atoms with Crippen LogP contribution < -0.4 is 5.73 Å². The summed E-state index contributed by atoms with van der Waals surface area (Å²) in [4.78, 5) is 2.44. The molecule has 1 aliphatic rings. The van der Waals surface area contributed by atoms with Gasteiger partial charge in [0, 0.05) is 24.2 Å². The minimum absolute atomic E-state index is 0.564. The predicted octanol–water partition coefficient (Wildman–Crippen LogP) is 2.77. The molecule has 1 heterocycles. The van der Waals surface area contributed by atoms with Crippen molar-refractivity contribution in [2.75, 3.05) is 13.1 Å². The van der Waals surface area contributed by atoms with Gasteiger partial charge in [0.2, 0.25) is 0 Å². The van der Waals surface area contributed by atoms with Crippen LogP contribution in [0.5, 0.6) is 0 Å². The number of likely N-dealkylation sites (tertiary alicyclic amines) is 1. The summed E-state index contributed by atoms with van der Waals surface area (Å²) < 4.78 is 0. The van der Waals surface area contributed by atoms with Crippen LogP contribution in [0, 0.1) is 17.2 Å². The Morgan fingerprint density at radius 3 is 2.89 bits per heavy atom. The van der Waals surface area contributed by atoms with Crippen molar-refractivity contribution in [3.63, 3.8) is 0 Å². The summed E-state index contributed by atoms with van der Waals surface area (Å²) in [6.07, 6.45) is 2.41. The van der Waals surface area contributed by atoms with E-state index >= 15 is 0 Å². The second-order valence-electron chi connectivity index (χ2n) is 5.38. The molecule has 1 aromatic rings. The van der Waals surface area contributed by atoms with Gasteiger partial charge >= 0.3 is 0 Å². The zero-order valence-corrected chi connectivity index (χ0v) is 12.0. The van der Waals surface area contributed by atoms with Crippen LogP contribution in [0.4, 0.5) is 0 Å². The highest BCUT2D eigenvalue weighted by Gasteiger charge is 2.24. The molecule has 102 valence electrons. The molecule has 0 radical (unpaired) electrons. The fraction of sp³-hybridized carbons (Fsp3) is 0.533. The second kappa shape index (κ2) is 6.38. The van der Waals surface area contributed by atoms with Gasteiger partial charge in [-0.1, -0.05) is 17.7 Å². The smallest absolute Gasteiger partial charge is 0.0992 e. The number of nitriles is 1. The normalized spacial score (nSPS) is 24.1. The molecule has 0 saturated carbocycles. The van der Waals surface area contributed by atoms with Crippen molar-refractivity contribution in [1.82, 2.24) is 4.90 Å². The standard InChI is InChI=1S/C15H20ClN3/c1-11-2-3-13(8-18)9-19(11)10-14-5-4-12(7-17)6-15(14)16/h4-6,11,13H,2-3,8-10,18H2,1H3. The highest BCUT2D eigenvalue weighted by Crippen LogP contribution is 2.26. The van der Waals surface area contributed by atoms with E-state index in [1.54, 1.807) is 6.07 Å². The first-order valence-corrected chi connectivity index (χ1v) is 7.14. The van der Waals surface area contributed by atoms with Gasteiger partial charge in [-0.05, 0) is 49.9 Å². The monoisotopic (exact) mass is 277 g/mol. The van der Waals surface area contributed by atoms with Gasteiger partial charge in [0.15, 0.2) is 0 Å². The van der Waals surface area contributed by atoms with Crippen LogP contribution in [0.25, 0.3) is 0 Å². The van der Waals surface area contributed by atoms with Gasteiger partial charge < -0.3 is 5.73 Å². The lowest BCUT2D eigenvalue weighted by molar-refractivity contribution is 0.113. The van der Waals surface area contributed by atoms with Gasteiger partial charge in [-0.3, -0.25) is 4.90 Å². The minimum Gasteiger partial charge on any atom is -0.330 e. The minimum atomic E-state index is 0.564. The fourth-order valence-corrected chi connectivity index (χ4v) is 2.88. The molecule has 0 spiro atoms. The zero-order valence-electron chi connectivity index (χ0n) is 11.3. The first-order chi connectivity index (χ1) is 9.13. The Morgan fingerprint density at radius 2 is 2.26 bits per heavy atom. The van der Waals surface area contributed by atoms with Crippen molar-refractivity contribution in [3.8, 4) is 6.07 Å². The van der Waals surface area contributed by atoms with E-state index in [9.17, 15) is 0 Å². The van der Waals surface area contributed by atoms with Crippen LogP contribution in [0.3, 0.4) is 0 Å². The van der Waals surface area contributed by atoms with E-state index in [1.807, 2.05) is 12.1 Å². The predicted molar refractivity (Wildman–Crippen MR) is 77.8 cm³/mol. The van der Waals surface area contributed by atoms with Gasteiger partial charge in [-0.2, -0.15) is 5.26 Å². The van der Waals surface area contributed by atoms with Crippen LogP contribution >= 0.6 is 11.6 Å². The molecule has 1 aliphatic heterocycles. The maximum absolute atomic E-state index is 8.85. The van der Waals surface area contributed by atoms with Crippen LogP contribution in [-0.2, 0) is 6.54 Å². The molecular formula is C15H20ClN3. The van der Waals surface area contributed by atoms with Gasteiger partial charge in [-0.25, -0.2) is 0 Å². The quantitative estimate of drug-likeness (QED) is 0.924. The molecule has 2 unspecified atom stereocenters. The molecule has 2 atom stereocenters. The summed E-state index contributed by atoms with van der Waals surface area (Å²) in [6.45, 7) is 4.88. The lowest BCUT2D eigenvalue weighted by atomic mass is 9.93. The largest absolute Gasteiger partial charge is 0.330 e. The number of hydrogen-bond acceptors (Lipinski definition) is 3. The number of benzene rings is 1. The summed E-state index contributed by atoms with van der Waals surface area (Å²) in [5.41, 5.74) is 7.48. The summed E-state index contributed by atoms with van der Waals surface area (Å²) >= 11 is 6.24. The topological polar surface area (TPSA) is 53.0 Å². The van der Waals surface area contributed by atoms with Crippen molar-refractivity contribution in [2.24, 2.45) is 11.7 Å². The molecule has 2 rings (SSSR count). The molecule has 1 aromatic carbocycles. The van der Waals surface area contributed by atoms with Gasteiger partial charge in [0.25, 0.3) is 0 Å². The average Bonchev–Trinajstić information content (AvgIpc) is 2.43. The highest BCUT2D eigenvalue weighted by molar-refractivity contribution is 6.31. The number of piperidine rings is 1. The van der Waals surface area contributed by atoms with E-state index in [4.69, 9.17) is 22.6 Å². The van der Waals surface area contributed by atoms with Crippen molar-refractivity contribution in [2.45, 2.75) is 32.4 Å². The van der Waals surface area contributed by atoms with E-state index in [0.29, 0.717) is 22.5 Å². The first-order valence-electron chi connectivity index (χ1n) is 6.76. The Labute approximate surface area is 120 Å². The summed E-state index contributed by atoms with van der Waals surface area (Å²) in [5.74, 6) is 0.591. The molecular weight excluding hydrogens is 258 g/mol. The number of hydrogen-bond donors (Lipinski definition) is 1. The maximum Gasteiger partial charge on any atom is 0.0992 e. The lowest BCUT2D eigenvalue weighted by Crippen LogP contribution is -2.43. The van der Waals surface area contributed by atoms with E-state index in [0.717, 1.165) is 25.2 Å². The van der Waals surface area contributed by atoms with Gasteiger partial charge in [-0.15, -0.1) is 0 Å². The molecule has 0 amide bonds.